The van der Waals surface area contributed by atoms with Crippen LogP contribution in [0.1, 0.15) is 52.8 Å². The number of nitrogens with zero attached hydrogens (tertiary/aromatic N) is 2. The van der Waals surface area contributed by atoms with Gasteiger partial charge in [-0.1, -0.05) is 26.8 Å². The van der Waals surface area contributed by atoms with E-state index in [9.17, 15) is 22.7 Å². The molecular weight excluding hydrogens is 519 g/mol. The molecule has 1 aliphatic rings. The fourth-order valence-electron chi connectivity index (χ4n) is 5.06. The molecule has 39 heavy (non-hydrogen) atoms. The summed E-state index contributed by atoms with van der Waals surface area (Å²) < 4.78 is 46.3. The van der Waals surface area contributed by atoms with Crippen molar-refractivity contribution in [3.8, 4) is 22.8 Å². The molecule has 4 rings (SSSR count). The lowest BCUT2D eigenvalue weighted by Gasteiger charge is -2.34. The first kappa shape index (κ1) is 28.5. The smallest absolute Gasteiger partial charge is 0.185 e. The van der Waals surface area contributed by atoms with Gasteiger partial charge >= 0.3 is 0 Å². The molecule has 1 fully saturated rings. The van der Waals surface area contributed by atoms with Crippen LogP contribution in [0.3, 0.4) is 0 Å². The van der Waals surface area contributed by atoms with Crippen molar-refractivity contribution >= 4 is 21.4 Å². The Morgan fingerprint density at radius 1 is 1.21 bits per heavy atom. The number of aromatic nitrogens is 1. The molecular formula is C30H37FN2O5S. The summed E-state index contributed by atoms with van der Waals surface area (Å²) in [5.41, 5.74) is 0.780. The largest absolute Gasteiger partial charge is 0.508 e. The molecule has 3 aromatic rings. The lowest BCUT2D eigenvalue weighted by molar-refractivity contribution is 0.102. The first-order valence-corrected chi connectivity index (χ1v) is 14.7. The molecule has 0 amide bonds. The number of ketones is 1. The van der Waals surface area contributed by atoms with Gasteiger partial charge < -0.3 is 14.7 Å². The normalized spacial score (nSPS) is 17.0. The number of phenols is 1. The third-order valence-electron chi connectivity index (χ3n) is 6.75. The monoisotopic (exact) mass is 556 g/mol. The van der Waals surface area contributed by atoms with E-state index in [-0.39, 0.29) is 29.1 Å². The van der Waals surface area contributed by atoms with Crippen LogP contribution < -0.4 is 9.64 Å². The van der Waals surface area contributed by atoms with Crippen LogP contribution >= 0.6 is 0 Å². The quantitative estimate of drug-likeness (QED) is 0.316. The lowest BCUT2D eigenvalue weighted by atomic mass is 9.97. The number of anilines is 1. The highest BCUT2D eigenvalue weighted by molar-refractivity contribution is 7.92. The molecule has 1 N–H and O–H groups in total. The zero-order valence-electron chi connectivity index (χ0n) is 22.9. The van der Waals surface area contributed by atoms with E-state index >= 15 is 0 Å². The second kappa shape index (κ2) is 11.0. The first-order valence-electron chi connectivity index (χ1n) is 13.0. The highest BCUT2D eigenvalue weighted by atomic mass is 32.2. The SMILES string of the molecule is CC(C)COc1cc(F)cc(-c2ccc(C(=O)CS(=O)(=O)c3cccc(O)c3)c(N3C[C@@H](C)CC3(C)C)n2)c1.[HH]. The number of aromatic hydroxyl groups is 1. The summed E-state index contributed by atoms with van der Waals surface area (Å²) >= 11 is 0. The van der Waals surface area contributed by atoms with E-state index in [4.69, 9.17) is 9.72 Å². The fraction of sp³-hybridized carbons (Fsp3) is 0.400. The van der Waals surface area contributed by atoms with Crippen LogP contribution in [0, 0.1) is 17.7 Å². The van der Waals surface area contributed by atoms with E-state index in [1.165, 1.54) is 30.3 Å². The van der Waals surface area contributed by atoms with E-state index < -0.39 is 27.2 Å². The highest BCUT2D eigenvalue weighted by Crippen LogP contribution is 2.39. The number of halogens is 1. The van der Waals surface area contributed by atoms with Gasteiger partial charge in [0.2, 0.25) is 0 Å². The van der Waals surface area contributed by atoms with Crippen LogP contribution in [-0.4, -0.2) is 48.7 Å². The summed E-state index contributed by atoms with van der Waals surface area (Å²) in [6, 6.07) is 12.8. The van der Waals surface area contributed by atoms with Gasteiger partial charge in [-0.15, -0.1) is 0 Å². The zero-order valence-corrected chi connectivity index (χ0v) is 23.8. The number of pyridine rings is 1. The summed E-state index contributed by atoms with van der Waals surface area (Å²) in [4.78, 5) is 20.2. The second-order valence-corrected chi connectivity index (χ2v) is 13.3. The number of Topliss-reactive ketones (excluding diaryl/α,β-unsaturated/α-hetero) is 1. The van der Waals surface area contributed by atoms with Gasteiger partial charge in [0.25, 0.3) is 0 Å². The molecule has 0 radical (unpaired) electrons. The Balaban J connectivity index is 0.00000441. The number of carbonyl (C=O) groups excluding carboxylic acids is 1. The average molecular weight is 557 g/mol. The number of hydrogen-bond acceptors (Lipinski definition) is 7. The Hall–Kier alpha value is -3.46. The van der Waals surface area contributed by atoms with E-state index in [0.717, 1.165) is 12.5 Å². The van der Waals surface area contributed by atoms with E-state index in [0.29, 0.717) is 41.9 Å². The molecule has 0 spiro atoms. The third-order valence-corrected chi connectivity index (χ3v) is 8.37. The maximum absolute atomic E-state index is 14.5. The standard InChI is InChI=1S/C30H35FN2O5S.H2/c1-19(2)17-38-24-12-21(11-22(31)13-24)27-10-9-26(29(32-27)33-16-20(3)15-30(33,4)5)28(35)18-39(36,37)25-8-6-7-23(34)14-25;/h6-14,19-20,34H,15-18H2,1-5H3;1H/t20-;/m0./s1. The molecule has 0 saturated carbocycles. The van der Waals surface area contributed by atoms with Crippen molar-refractivity contribution in [1.82, 2.24) is 4.98 Å². The zero-order chi connectivity index (χ0) is 28.5. The van der Waals surface area contributed by atoms with Gasteiger partial charge in [0.1, 0.15) is 28.9 Å². The molecule has 2 aromatic carbocycles. The van der Waals surface area contributed by atoms with Crippen LogP contribution in [0.4, 0.5) is 10.2 Å². The predicted octanol–water partition coefficient (Wildman–Crippen LogP) is 6.16. The van der Waals surface area contributed by atoms with Gasteiger partial charge in [-0.05, 0) is 74.6 Å². The topological polar surface area (TPSA) is 96.8 Å². The van der Waals surface area contributed by atoms with Crippen molar-refractivity contribution in [2.75, 3.05) is 23.8 Å². The van der Waals surface area contributed by atoms with Crippen LogP contribution in [0.2, 0.25) is 0 Å². The molecule has 1 saturated heterocycles. The maximum Gasteiger partial charge on any atom is 0.185 e. The van der Waals surface area contributed by atoms with Crippen molar-refractivity contribution in [3.63, 3.8) is 0 Å². The van der Waals surface area contributed by atoms with Crippen LogP contribution in [-0.2, 0) is 9.84 Å². The van der Waals surface area contributed by atoms with Crippen LogP contribution in [0.25, 0.3) is 11.3 Å². The first-order chi connectivity index (χ1) is 18.2. The predicted molar refractivity (Wildman–Crippen MR) is 152 cm³/mol. The van der Waals surface area contributed by atoms with Crippen LogP contribution in [0.15, 0.2) is 59.5 Å². The highest BCUT2D eigenvalue weighted by Gasteiger charge is 2.39. The number of hydrogen-bond donors (Lipinski definition) is 1. The number of carbonyl (C=O) groups is 1. The molecule has 1 aliphatic heterocycles. The van der Waals surface area contributed by atoms with E-state index in [1.807, 2.05) is 18.7 Å². The minimum absolute atomic E-state index is 0. The minimum Gasteiger partial charge on any atom is -0.508 e. The maximum atomic E-state index is 14.5. The molecule has 0 aliphatic carbocycles. The molecule has 1 aromatic heterocycles. The number of ether oxygens (including phenoxy) is 1. The summed E-state index contributed by atoms with van der Waals surface area (Å²) in [5, 5.41) is 9.73. The lowest BCUT2D eigenvalue weighted by Crippen LogP contribution is -2.40. The number of benzene rings is 2. The number of rotatable bonds is 9. The third kappa shape index (κ3) is 6.58. The Morgan fingerprint density at radius 3 is 2.59 bits per heavy atom. The molecule has 0 unspecified atom stereocenters. The average Bonchev–Trinajstić information content (AvgIpc) is 3.13. The molecule has 2 heterocycles. The summed E-state index contributed by atoms with van der Waals surface area (Å²) in [5.74, 6) is -0.709. The second-order valence-electron chi connectivity index (χ2n) is 11.4. The van der Waals surface area contributed by atoms with E-state index in [2.05, 4.69) is 20.8 Å². The molecule has 7 nitrogen and oxygen atoms in total. The number of sulfone groups is 1. The molecule has 9 heteroatoms. The molecule has 1 atom stereocenters. The van der Waals surface area contributed by atoms with Crippen molar-refractivity contribution < 1.29 is 28.9 Å². The van der Waals surface area contributed by atoms with Gasteiger partial charge in [-0.3, -0.25) is 4.79 Å². The summed E-state index contributed by atoms with van der Waals surface area (Å²) in [7, 11) is -4.02. The minimum atomic E-state index is -4.02. The van der Waals surface area contributed by atoms with Crippen molar-refractivity contribution in [2.45, 2.75) is 51.5 Å². The van der Waals surface area contributed by atoms with Crippen molar-refractivity contribution in [1.29, 1.82) is 0 Å². The van der Waals surface area contributed by atoms with Gasteiger partial charge in [0, 0.05) is 25.1 Å². The Morgan fingerprint density at radius 2 is 1.95 bits per heavy atom. The van der Waals surface area contributed by atoms with Crippen molar-refractivity contribution in [2.24, 2.45) is 11.8 Å². The Bertz CT molecular complexity index is 1490. The van der Waals surface area contributed by atoms with Crippen LogP contribution in [0.5, 0.6) is 11.5 Å². The summed E-state index contributed by atoms with van der Waals surface area (Å²) in [6.45, 7) is 11.3. The molecule has 0 bridgehead atoms. The molecule has 210 valence electrons. The van der Waals surface area contributed by atoms with Gasteiger partial charge in [-0.2, -0.15) is 0 Å². The van der Waals surface area contributed by atoms with Crippen molar-refractivity contribution in [3.05, 3.63) is 66.0 Å². The van der Waals surface area contributed by atoms with Gasteiger partial charge in [0.05, 0.1) is 22.8 Å². The Kier molecular flexibility index (Phi) is 8.02. The van der Waals surface area contributed by atoms with E-state index in [1.54, 1.807) is 18.2 Å². The Labute approximate surface area is 231 Å². The number of phenolic OH excluding ortho intramolecular Hbond substituents is 1. The summed E-state index contributed by atoms with van der Waals surface area (Å²) in [6.07, 6.45) is 0.862. The van der Waals surface area contributed by atoms with Gasteiger partial charge in [-0.25, -0.2) is 17.8 Å². The van der Waals surface area contributed by atoms with Gasteiger partial charge in [0.15, 0.2) is 15.6 Å². The fourth-order valence-corrected chi connectivity index (χ4v) is 6.31.